The lowest BCUT2D eigenvalue weighted by atomic mass is 9.93. The molecule has 0 bridgehead atoms. The lowest BCUT2D eigenvalue weighted by Crippen LogP contribution is -2.48. The largest absolute Gasteiger partial charge is 0.482 e. The highest BCUT2D eigenvalue weighted by Gasteiger charge is 2.38. The molecule has 3 aliphatic heterocycles. The van der Waals surface area contributed by atoms with Crippen molar-refractivity contribution in [2.45, 2.75) is 19.4 Å². The van der Waals surface area contributed by atoms with E-state index >= 15 is 0 Å². The van der Waals surface area contributed by atoms with E-state index in [2.05, 4.69) is 25.4 Å². The van der Waals surface area contributed by atoms with E-state index in [1.54, 1.807) is 6.07 Å². The minimum absolute atomic E-state index is 0.294. The summed E-state index contributed by atoms with van der Waals surface area (Å²) in [5.74, 6) is 0.612. The molecule has 0 aliphatic carbocycles. The monoisotopic (exact) mass is 492 g/mol. The van der Waals surface area contributed by atoms with Gasteiger partial charge in [0.25, 0.3) is 5.91 Å². The number of amides is 1. The number of pyridine rings is 1. The number of carbonyl (C=O) groups excluding carboxylic acids is 1. The van der Waals surface area contributed by atoms with E-state index in [0.717, 1.165) is 62.8 Å². The predicted molar refractivity (Wildman–Crippen MR) is 140 cm³/mol. The van der Waals surface area contributed by atoms with E-state index in [9.17, 15) is 9.18 Å². The number of ether oxygens (including phenoxy) is 1. The molecule has 0 saturated carbocycles. The number of benzene rings is 1. The van der Waals surface area contributed by atoms with Gasteiger partial charge in [0.15, 0.2) is 0 Å². The summed E-state index contributed by atoms with van der Waals surface area (Å²) in [4.78, 5) is 22.1. The molecule has 8 nitrogen and oxygen atoms in total. The van der Waals surface area contributed by atoms with Gasteiger partial charge < -0.3 is 21.1 Å². The Morgan fingerprint density at radius 1 is 1.14 bits per heavy atom. The van der Waals surface area contributed by atoms with Crippen molar-refractivity contribution in [3.63, 3.8) is 0 Å². The van der Waals surface area contributed by atoms with Crippen molar-refractivity contribution in [3.05, 3.63) is 65.3 Å². The maximum atomic E-state index is 13.6. The number of hydrogen-bond acceptors (Lipinski definition) is 7. The van der Waals surface area contributed by atoms with E-state index in [-0.39, 0.29) is 5.91 Å². The quantitative estimate of drug-likeness (QED) is 0.512. The van der Waals surface area contributed by atoms with Gasteiger partial charge in [-0.15, -0.1) is 0 Å². The molecule has 1 amide bonds. The van der Waals surface area contributed by atoms with Crippen molar-refractivity contribution >= 4 is 28.6 Å². The molecule has 190 valence electrons. The third kappa shape index (κ3) is 5.00. The van der Waals surface area contributed by atoms with E-state index < -0.39 is 11.4 Å². The number of piperazine rings is 1. The summed E-state index contributed by atoms with van der Waals surface area (Å²) < 4.78 is 19.8. The summed E-state index contributed by atoms with van der Waals surface area (Å²) >= 11 is 0. The van der Waals surface area contributed by atoms with Gasteiger partial charge >= 0.3 is 0 Å². The fourth-order valence-electron chi connectivity index (χ4n) is 5.03. The maximum absolute atomic E-state index is 13.6. The van der Waals surface area contributed by atoms with Crippen LogP contribution in [0.25, 0.3) is 11.1 Å². The third-order valence-corrected chi connectivity index (χ3v) is 6.98. The number of aromatic nitrogens is 1. The Morgan fingerprint density at radius 2 is 1.89 bits per heavy atom. The topological polar surface area (TPSA) is 95.8 Å². The van der Waals surface area contributed by atoms with Crippen LogP contribution in [0.3, 0.4) is 0 Å². The van der Waals surface area contributed by atoms with Gasteiger partial charge in [-0.1, -0.05) is 0 Å². The fraction of sp³-hybridized carbons (Fsp3) is 0.407. The summed E-state index contributed by atoms with van der Waals surface area (Å²) in [6.07, 6.45) is 3.72. The van der Waals surface area contributed by atoms with Gasteiger partial charge in [0.05, 0.1) is 11.3 Å². The van der Waals surface area contributed by atoms with Gasteiger partial charge in [-0.25, -0.2) is 9.37 Å². The Morgan fingerprint density at radius 3 is 2.58 bits per heavy atom. The molecule has 36 heavy (non-hydrogen) atoms. The predicted octanol–water partition coefficient (Wildman–Crippen LogP) is 2.76. The number of fused-ring (bicyclic) bond motifs is 1. The average molecular weight is 493 g/mol. The molecule has 0 atom stereocenters. The number of nitrogens with one attached hydrogen (secondary N) is 2. The minimum Gasteiger partial charge on any atom is -0.482 e. The standard InChI is InChI=1S/C27H33FN6O2/c1-27(2)21(16-23(36-27)25-20-5-4-19(28)15-22(20)32-26(25)35)18-3-6-24(31-17-18)30-8-10-34-13-11-33(9-7-29)12-14-34/h3-6,15-17H,7-14,29H2,1-2H3,(H,30,31)(H,32,35). The lowest BCUT2D eigenvalue weighted by molar-refractivity contribution is -0.111. The van der Waals surface area contributed by atoms with Crippen LogP contribution in [-0.4, -0.2) is 78.7 Å². The molecule has 2 aromatic rings. The van der Waals surface area contributed by atoms with Crippen molar-refractivity contribution in [2.24, 2.45) is 5.73 Å². The van der Waals surface area contributed by atoms with Gasteiger partial charge in [0, 0.05) is 75.3 Å². The number of nitrogens with zero attached hydrogens (tertiary/aromatic N) is 3. The molecular formula is C27H33FN6O2. The second-order valence-electron chi connectivity index (χ2n) is 9.88. The van der Waals surface area contributed by atoms with Gasteiger partial charge in [-0.3, -0.25) is 14.6 Å². The van der Waals surface area contributed by atoms with Crippen LogP contribution in [0.1, 0.15) is 25.0 Å². The number of halogens is 1. The molecule has 1 aromatic heterocycles. The highest BCUT2D eigenvalue weighted by molar-refractivity contribution is 6.32. The average Bonchev–Trinajstić information content (AvgIpc) is 3.34. The molecule has 0 radical (unpaired) electrons. The van der Waals surface area contributed by atoms with Crippen LogP contribution < -0.4 is 16.4 Å². The Hall–Kier alpha value is -3.27. The van der Waals surface area contributed by atoms with Crippen LogP contribution in [0.15, 0.2) is 48.4 Å². The summed E-state index contributed by atoms with van der Waals surface area (Å²) in [5, 5.41) is 6.14. The van der Waals surface area contributed by atoms with Crippen molar-refractivity contribution < 1.29 is 13.9 Å². The van der Waals surface area contributed by atoms with Gasteiger partial charge in [0.2, 0.25) is 0 Å². The molecule has 4 heterocycles. The highest BCUT2D eigenvalue weighted by Crippen LogP contribution is 2.44. The molecule has 5 rings (SSSR count). The molecule has 1 aromatic carbocycles. The number of rotatable bonds is 7. The van der Waals surface area contributed by atoms with E-state index in [0.29, 0.717) is 29.1 Å². The molecule has 0 spiro atoms. The summed E-state index contributed by atoms with van der Waals surface area (Å²) in [6.45, 7) is 11.7. The SMILES string of the molecule is CC1(C)OC(=C2C(=O)Nc3cc(F)ccc32)C=C1c1ccc(NCCN2CCN(CCN)CC2)nc1. The van der Waals surface area contributed by atoms with E-state index in [4.69, 9.17) is 10.5 Å². The normalized spacial score (nSPS) is 21.7. The summed E-state index contributed by atoms with van der Waals surface area (Å²) in [7, 11) is 0. The van der Waals surface area contributed by atoms with Crippen molar-refractivity contribution in [3.8, 4) is 0 Å². The van der Waals surface area contributed by atoms with Crippen LogP contribution in [0, 0.1) is 5.82 Å². The molecular weight excluding hydrogens is 459 g/mol. The zero-order valence-corrected chi connectivity index (χ0v) is 20.8. The van der Waals surface area contributed by atoms with E-state index in [1.165, 1.54) is 12.1 Å². The summed E-state index contributed by atoms with van der Waals surface area (Å²) in [6, 6.07) is 8.26. The Labute approximate surface area is 211 Å². The number of carbonyl (C=O) groups is 1. The first-order valence-corrected chi connectivity index (χ1v) is 12.5. The zero-order chi connectivity index (χ0) is 25.3. The second kappa shape index (κ2) is 10.0. The zero-order valence-electron chi connectivity index (χ0n) is 20.8. The molecule has 1 fully saturated rings. The van der Waals surface area contributed by atoms with Gasteiger partial charge in [-0.05, 0) is 50.3 Å². The lowest BCUT2D eigenvalue weighted by Gasteiger charge is -2.34. The first-order chi connectivity index (χ1) is 17.3. The molecule has 9 heteroatoms. The van der Waals surface area contributed by atoms with Crippen LogP contribution in [0.2, 0.25) is 0 Å². The smallest absolute Gasteiger partial charge is 0.260 e. The minimum atomic E-state index is -0.645. The number of anilines is 2. The van der Waals surface area contributed by atoms with Crippen molar-refractivity contribution in [2.75, 3.05) is 63.0 Å². The number of allylic oxidation sites excluding steroid dienone is 1. The first-order valence-electron chi connectivity index (χ1n) is 12.5. The van der Waals surface area contributed by atoms with Crippen LogP contribution >= 0.6 is 0 Å². The van der Waals surface area contributed by atoms with Crippen LogP contribution in [0.5, 0.6) is 0 Å². The fourth-order valence-corrected chi connectivity index (χ4v) is 5.03. The van der Waals surface area contributed by atoms with Crippen LogP contribution in [0.4, 0.5) is 15.9 Å². The van der Waals surface area contributed by atoms with Crippen molar-refractivity contribution in [1.82, 2.24) is 14.8 Å². The second-order valence-corrected chi connectivity index (χ2v) is 9.88. The van der Waals surface area contributed by atoms with Gasteiger partial charge in [0.1, 0.15) is 23.0 Å². The van der Waals surface area contributed by atoms with E-state index in [1.807, 2.05) is 38.3 Å². The Kier molecular flexibility index (Phi) is 6.79. The number of nitrogens with two attached hydrogens (primary N) is 1. The molecule has 3 aliphatic rings. The first kappa shape index (κ1) is 24.4. The highest BCUT2D eigenvalue weighted by atomic mass is 19.1. The molecule has 4 N–H and O–H groups in total. The molecule has 1 saturated heterocycles. The third-order valence-electron chi connectivity index (χ3n) is 6.98. The van der Waals surface area contributed by atoms with Crippen molar-refractivity contribution in [1.29, 1.82) is 0 Å². The Balaban J connectivity index is 1.25. The van der Waals surface area contributed by atoms with Gasteiger partial charge in [-0.2, -0.15) is 0 Å². The Bertz CT molecular complexity index is 1200. The maximum Gasteiger partial charge on any atom is 0.260 e. The number of hydrogen-bond donors (Lipinski definition) is 3. The molecule has 0 unspecified atom stereocenters. The van der Waals surface area contributed by atoms with Crippen LogP contribution in [-0.2, 0) is 9.53 Å². The summed E-state index contributed by atoms with van der Waals surface area (Å²) in [5.41, 5.74) is 8.39.